The van der Waals surface area contributed by atoms with Gasteiger partial charge in [0.25, 0.3) is 10.0 Å². The minimum Gasteiger partial charge on any atom is -0.236 e. The van der Waals surface area contributed by atoms with Gasteiger partial charge in [-0.25, -0.2) is 12.4 Å². The lowest BCUT2D eigenvalue weighted by molar-refractivity contribution is 0.588. The van der Waals surface area contributed by atoms with Crippen LogP contribution in [0, 0.1) is 11.3 Å². The van der Waals surface area contributed by atoms with E-state index in [9.17, 15) is 13.7 Å². The minimum atomic E-state index is -3.84. The van der Waals surface area contributed by atoms with Crippen molar-refractivity contribution >= 4 is 32.7 Å². The van der Waals surface area contributed by atoms with Crippen molar-refractivity contribution in [3.8, 4) is 6.07 Å². The molecule has 0 radical (unpaired) electrons. The summed E-state index contributed by atoms with van der Waals surface area (Å²) < 4.78 is 28.2. The maximum absolute atomic E-state index is 13.5. The van der Waals surface area contributed by atoms with E-state index in [4.69, 9.17) is 0 Å². The lowest BCUT2D eigenvalue weighted by atomic mass is 10.1. The number of fused-ring (bicyclic) bond motifs is 1. The van der Waals surface area contributed by atoms with Crippen molar-refractivity contribution in [3.63, 3.8) is 0 Å². The van der Waals surface area contributed by atoms with E-state index in [2.05, 4.69) is 6.07 Å². The zero-order valence-electron chi connectivity index (χ0n) is 14.8. The molecule has 0 aliphatic carbocycles. The number of benzene rings is 3. The van der Waals surface area contributed by atoms with E-state index in [-0.39, 0.29) is 4.90 Å². The van der Waals surface area contributed by atoms with Crippen molar-refractivity contribution in [1.82, 2.24) is 3.97 Å². The smallest absolute Gasteiger partial charge is 0.236 e. The first-order chi connectivity index (χ1) is 13.6. The third-order valence-electron chi connectivity index (χ3n) is 4.44. The van der Waals surface area contributed by atoms with Gasteiger partial charge in [-0.3, -0.25) is 0 Å². The predicted molar refractivity (Wildman–Crippen MR) is 112 cm³/mol. The van der Waals surface area contributed by atoms with E-state index < -0.39 is 10.0 Å². The van der Waals surface area contributed by atoms with Crippen LogP contribution < -0.4 is 0 Å². The number of hydrogen-bond donors (Lipinski definition) is 0. The molecule has 4 nitrogen and oxygen atoms in total. The standard InChI is InChI=1S/C22H16N2O2S2/c23-15-20-19-13-7-8-14-21(19)24(28(25,26)18-11-5-2-6-12-18)22(20)16-27-17-9-3-1-4-10-17/h1-14H,16H2. The Hall–Kier alpha value is -3.01. The maximum atomic E-state index is 13.5. The molecule has 0 saturated heterocycles. The molecule has 0 saturated carbocycles. The van der Waals surface area contributed by atoms with Gasteiger partial charge in [-0.05, 0) is 30.3 Å². The molecule has 0 fully saturated rings. The van der Waals surface area contributed by atoms with Crippen LogP contribution in [-0.2, 0) is 15.8 Å². The van der Waals surface area contributed by atoms with E-state index in [1.807, 2.05) is 36.4 Å². The average molecular weight is 405 g/mol. The number of aromatic nitrogens is 1. The van der Waals surface area contributed by atoms with Crippen molar-refractivity contribution in [3.05, 3.63) is 96.2 Å². The summed E-state index contributed by atoms with van der Waals surface area (Å²) in [6.07, 6.45) is 0. The fourth-order valence-electron chi connectivity index (χ4n) is 3.16. The first kappa shape index (κ1) is 18.4. The highest BCUT2D eigenvalue weighted by molar-refractivity contribution is 7.98. The second kappa shape index (κ2) is 7.55. The Labute approximate surface area is 168 Å². The Morgan fingerprint density at radius 3 is 2.14 bits per heavy atom. The number of para-hydroxylation sites is 1. The summed E-state index contributed by atoms with van der Waals surface area (Å²) in [6.45, 7) is 0. The van der Waals surface area contributed by atoms with E-state index in [0.29, 0.717) is 27.9 Å². The Morgan fingerprint density at radius 2 is 1.46 bits per heavy atom. The normalized spacial score (nSPS) is 11.4. The van der Waals surface area contributed by atoms with Crippen LogP contribution in [0.3, 0.4) is 0 Å². The van der Waals surface area contributed by atoms with Crippen molar-refractivity contribution in [1.29, 1.82) is 5.26 Å². The first-order valence-corrected chi connectivity index (χ1v) is 11.1. The van der Waals surface area contributed by atoms with Crippen molar-refractivity contribution in [2.24, 2.45) is 0 Å². The van der Waals surface area contributed by atoms with Crippen LogP contribution in [0.5, 0.6) is 0 Å². The number of rotatable bonds is 5. The maximum Gasteiger partial charge on any atom is 0.268 e. The second-order valence-corrected chi connectivity index (χ2v) is 8.97. The fraction of sp³-hybridized carbons (Fsp3) is 0.0455. The van der Waals surface area contributed by atoms with Crippen LogP contribution in [0.1, 0.15) is 11.3 Å². The largest absolute Gasteiger partial charge is 0.268 e. The van der Waals surface area contributed by atoms with Crippen LogP contribution in [0.2, 0.25) is 0 Å². The third-order valence-corrected chi connectivity index (χ3v) is 7.23. The molecule has 1 aromatic heterocycles. The molecular weight excluding hydrogens is 388 g/mol. The van der Waals surface area contributed by atoms with Crippen molar-refractivity contribution < 1.29 is 8.42 Å². The lowest BCUT2D eigenvalue weighted by Crippen LogP contribution is -2.15. The highest BCUT2D eigenvalue weighted by Gasteiger charge is 2.26. The van der Waals surface area contributed by atoms with E-state index in [1.54, 1.807) is 48.5 Å². The predicted octanol–water partition coefficient (Wildman–Crippen LogP) is 5.04. The summed E-state index contributed by atoms with van der Waals surface area (Å²) in [5, 5.41) is 10.4. The van der Waals surface area contributed by atoms with Gasteiger partial charge in [0.15, 0.2) is 0 Å². The molecule has 138 valence electrons. The SMILES string of the molecule is N#Cc1c(CSc2ccccc2)n(S(=O)(=O)c2ccccc2)c2ccccc12. The molecule has 6 heteroatoms. The van der Waals surface area contributed by atoms with Gasteiger partial charge >= 0.3 is 0 Å². The van der Waals surface area contributed by atoms with E-state index >= 15 is 0 Å². The van der Waals surface area contributed by atoms with Crippen molar-refractivity contribution in [2.45, 2.75) is 15.5 Å². The second-order valence-electron chi connectivity index (χ2n) is 6.13. The van der Waals surface area contributed by atoms with Crippen molar-refractivity contribution in [2.75, 3.05) is 0 Å². The highest BCUT2D eigenvalue weighted by atomic mass is 32.2. The quantitative estimate of drug-likeness (QED) is 0.437. The Kier molecular flexibility index (Phi) is 4.95. The average Bonchev–Trinajstić information content (AvgIpc) is 3.07. The minimum absolute atomic E-state index is 0.200. The van der Waals surface area contributed by atoms with E-state index in [0.717, 1.165) is 4.90 Å². The third kappa shape index (κ3) is 3.19. The Balaban J connectivity index is 1.93. The molecule has 3 aromatic carbocycles. The summed E-state index contributed by atoms with van der Waals surface area (Å²) in [5.74, 6) is 0.369. The van der Waals surface area contributed by atoms with Crippen LogP contribution in [0.25, 0.3) is 10.9 Å². The first-order valence-electron chi connectivity index (χ1n) is 8.64. The molecule has 28 heavy (non-hydrogen) atoms. The van der Waals surface area contributed by atoms with E-state index in [1.165, 1.54) is 15.7 Å². The number of nitriles is 1. The lowest BCUT2D eigenvalue weighted by Gasteiger charge is -2.12. The van der Waals surface area contributed by atoms with Gasteiger partial charge in [-0.2, -0.15) is 5.26 Å². The molecule has 0 amide bonds. The van der Waals surface area contributed by atoms with Gasteiger partial charge in [0.2, 0.25) is 0 Å². The Bertz CT molecular complexity index is 1270. The molecule has 4 aromatic rings. The monoisotopic (exact) mass is 404 g/mol. The number of thioether (sulfide) groups is 1. The molecule has 0 bridgehead atoms. The zero-order valence-corrected chi connectivity index (χ0v) is 16.5. The molecule has 0 aliphatic heterocycles. The molecule has 0 unspecified atom stereocenters. The molecule has 0 N–H and O–H groups in total. The summed E-state index contributed by atoms with van der Waals surface area (Å²) in [4.78, 5) is 1.21. The zero-order chi connectivity index (χ0) is 19.6. The number of nitrogens with zero attached hydrogens (tertiary/aromatic N) is 2. The molecule has 0 aliphatic rings. The van der Waals surface area contributed by atoms with Crippen LogP contribution in [0.15, 0.2) is 94.7 Å². The van der Waals surface area contributed by atoms with Gasteiger partial charge < -0.3 is 0 Å². The summed E-state index contributed by atoms with van der Waals surface area (Å²) in [7, 11) is -3.84. The van der Waals surface area contributed by atoms with Crippen LogP contribution >= 0.6 is 11.8 Å². The Morgan fingerprint density at radius 1 is 0.857 bits per heavy atom. The van der Waals surface area contributed by atoms with Gasteiger partial charge in [0, 0.05) is 16.0 Å². The summed E-state index contributed by atoms with van der Waals surface area (Å²) in [6, 6.07) is 27.4. The molecule has 4 rings (SSSR count). The van der Waals surface area contributed by atoms with Gasteiger partial charge in [0.05, 0.1) is 21.7 Å². The van der Waals surface area contributed by atoms with Crippen LogP contribution in [-0.4, -0.2) is 12.4 Å². The topological polar surface area (TPSA) is 62.9 Å². The van der Waals surface area contributed by atoms with Gasteiger partial charge in [-0.15, -0.1) is 11.8 Å². The van der Waals surface area contributed by atoms with Gasteiger partial charge in [-0.1, -0.05) is 54.6 Å². The summed E-state index contributed by atoms with van der Waals surface area (Å²) >= 11 is 1.51. The molecule has 1 heterocycles. The molecular formula is C22H16N2O2S2. The molecule has 0 spiro atoms. The number of hydrogen-bond acceptors (Lipinski definition) is 4. The fourth-order valence-corrected chi connectivity index (χ4v) is 5.75. The van der Waals surface area contributed by atoms with Gasteiger partial charge in [0.1, 0.15) is 6.07 Å². The van der Waals surface area contributed by atoms with Crippen LogP contribution in [0.4, 0.5) is 0 Å². The molecule has 0 atom stereocenters. The summed E-state index contributed by atoms with van der Waals surface area (Å²) in [5.41, 5.74) is 1.41. The highest BCUT2D eigenvalue weighted by Crippen LogP contribution is 2.34.